The first-order valence-electron chi connectivity index (χ1n) is 11.3. The third-order valence-corrected chi connectivity index (χ3v) is 7.31. The molecule has 172 valence electrons. The lowest BCUT2D eigenvalue weighted by molar-refractivity contribution is 0.159. The number of rotatable bonds is 7. The maximum Gasteiger partial charge on any atom is 0.320 e. The van der Waals surface area contributed by atoms with E-state index >= 15 is 0 Å². The van der Waals surface area contributed by atoms with Gasteiger partial charge in [0.1, 0.15) is 5.82 Å². The summed E-state index contributed by atoms with van der Waals surface area (Å²) in [5.41, 5.74) is 4.36. The monoisotopic (exact) mass is 463 g/mol. The lowest BCUT2D eigenvalue weighted by Gasteiger charge is -2.21. The highest BCUT2D eigenvalue weighted by atomic mass is 32.2. The molecule has 1 saturated heterocycles. The molecular formula is C25H29N5O2S. The molecule has 3 heterocycles. The lowest BCUT2D eigenvalue weighted by Crippen LogP contribution is -2.42. The van der Waals surface area contributed by atoms with E-state index in [1.807, 2.05) is 52.8 Å². The molecule has 5 rings (SSSR count). The van der Waals surface area contributed by atoms with Crippen molar-refractivity contribution >= 4 is 23.6 Å². The van der Waals surface area contributed by atoms with Gasteiger partial charge in [-0.25, -0.2) is 9.48 Å². The Bertz CT molecular complexity index is 1090. The van der Waals surface area contributed by atoms with Crippen LogP contribution in [0.2, 0.25) is 0 Å². The second-order valence-corrected chi connectivity index (χ2v) is 9.47. The van der Waals surface area contributed by atoms with E-state index in [0.29, 0.717) is 6.61 Å². The van der Waals surface area contributed by atoms with Crippen molar-refractivity contribution in [2.75, 3.05) is 38.7 Å². The molecule has 0 unspecified atom stereocenters. The number of hydrogen-bond acceptors (Lipinski definition) is 5. The summed E-state index contributed by atoms with van der Waals surface area (Å²) in [5, 5.41) is 11.2. The van der Waals surface area contributed by atoms with Crippen LogP contribution in [-0.4, -0.2) is 60.1 Å². The highest BCUT2D eigenvalue weighted by Crippen LogP contribution is 2.36. The van der Waals surface area contributed by atoms with E-state index in [9.17, 15) is 4.79 Å². The number of methoxy groups -OCH3 is 1. The Balaban J connectivity index is 1.35. The third kappa shape index (κ3) is 4.78. The molecule has 1 aromatic heterocycles. The molecule has 2 aliphatic rings. The van der Waals surface area contributed by atoms with Crippen LogP contribution in [0.15, 0.2) is 60.7 Å². The van der Waals surface area contributed by atoms with Crippen LogP contribution in [0.5, 0.6) is 0 Å². The highest BCUT2D eigenvalue weighted by Gasteiger charge is 2.35. The molecule has 0 spiro atoms. The summed E-state index contributed by atoms with van der Waals surface area (Å²) in [4.78, 5) is 15.6. The Morgan fingerprint density at radius 3 is 2.61 bits per heavy atom. The van der Waals surface area contributed by atoms with Crippen LogP contribution in [0.4, 0.5) is 10.6 Å². The van der Waals surface area contributed by atoms with Crippen molar-refractivity contribution in [2.24, 2.45) is 0 Å². The first-order valence-corrected chi connectivity index (χ1v) is 12.5. The SMILES string of the molecule is COCCN1C[C@@H](NC(=O)Nc2c3c(nn2-c2ccccc2)CSC3)[C@H](c2ccccc2)C1. The van der Waals surface area contributed by atoms with Gasteiger partial charge in [0, 0.05) is 49.7 Å². The molecular weight excluding hydrogens is 434 g/mol. The number of benzene rings is 2. The molecule has 2 amide bonds. The standard InChI is InChI=1S/C25H29N5O2S/c1-32-13-12-29-14-20(18-8-4-2-5-9-18)22(15-29)26-25(31)27-24-21-16-33-17-23(21)28-30(24)19-10-6-3-7-11-19/h2-11,20,22H,12-17H2,1H3,(H2,26,27,31)/t20-,22+/m0/s1. The Labute approximate surface area is 198 Å². The zero-order valence-electron chi connectivity index (χ0n) is 18.7. The fourth-order valence-electron chi connectivity index (χ4n) is 4.68. The van der Waals surface area contributed by atoms with Crippen LogP contribution >= 0.6 is 11.8 Å². The number of carbonyl (C=O) groups excluding carboxylic acids is 1. The van der Waals surface area contributed by atoms with Crippen molar-refractivity contribution in [3.63, 3.8) is 0 Å². The minimum Gasteiger partial charge on any atom is -0.383 e. The van der Waals surface area contributed by atoms with Crippen LogP contribution in [0.3, 0.4) is 0 Å². The zero-order chi connectivity index (χ0) is 22.6. The molecule has 2 N–H and O–H groups in total. The number of anilines is 1. The van der Waals surface area contributed by atoms with E-state index in [1.54, 1.807) is 7.11 Å². The number of nitrogens with one attached hydrogen (secondary N) is 2. The molecule has 0 saturated carbocycles. The molecule has 0 radical (unpaired) electrons. The number of aromatic nitrogens is 2. The van der Waals surface area contributed by atoms with Crippen molar-refractivity contribution in [1.29, 1.82) is 0 Å². The number of hydrogen-bond donors (Lipinski definition) is 2. The topological polar surface area (TPSA) is 71.4 Å². The van der Waals surface area contributed by atoms with Gasteiger partial charge in [0.2, 0.25) is 0 Å². The summed E-state index contributed by atoms with van der Waals surface area (Å²) in [5.74, 6) is 2.73. The quantitative estimate of drug-likeness (QED) is 0.557. The number of carbonyl (C=O) groups is 1. The van der Waals surface area contributed by atoms with Gasteiger partial charge in [-0.1, -0.05) is 48.5 Å². The molecule has 1 fully saturated rings. The number of amides is 2. The maximum atomic E-state index is 13.2. The average molecular weight is 464 g/mol. The van der Waals surface area contributed by atoms with E-state index in [4.69, 9.17) is 9.84 Å². The second kappa shape index (κ2) is 9.99. The fourth-order valence-corrected chi connectivity index (χ4v) is 5.72. The smallest absolute Gasteiger partial charge is 0.320 e. The van der Waals surface area contributed by atoms with Gasteiger partial charge in [0.15, 0.2) is 0 Å². The summed E-state index contributed by atoms with van der Waals surface area (Å²) < 4.78 is 7.14. The lowest BCUT2D eigenvalue weighted by atomic mass is 9.94. The molecule has 0 bridgehead atoms. The normalized spacial score (nSPS) is 20.0. The van der Waals surface area contributed by atoms with Gasteiger partial charge in [0.05, 0.1) is 24.0 Å². The van der Waals surface area contributed by atoms with Gasteiger partial charge in [-0.3, -0.25) is 10.2 Å². The van der Waals surface area contributed by atoms with Gasteiger partial charge >= 0.3 is 6.03 Å². The van der Waals surface area contributed by atoms with Crippen molar-refractivity contribution in [1.82, 2.24) is 20.0 Å². The minimum absolute atomic E-state index is 0.0137. The van der Waals surface area contributed by atoms with Gasteiger partial charge in [-0.2, -0.15) is 16.9 Å². The van der Waals surface area contributed by atoms with E-state index in [-0.39, 0.29) is 18.0 Å². The van der Waals surface area contributed by atoms with Gasteiger partial charge < -0.3 is 10.1 Å². The maximum absolute atomic E-state index is 13.2. The first-order chi connectivity index (χ1) is 16.2. The average Bonchev–Trinajstić information content (AvgIpc) is 3.55. The number of fused-ring (bicyclic) bond motifs is 1. The molecule has 0 aliphatic carbocycles. The van der Waals surface area contributed by atoms with Crippen LogP contribution in [-0.2, 0) is 16.2 Å². The van der Waals surface area contributed by atoms with Gasteiger partial charge in [-0.15, -0.1) is 0 Å². The molecule has 33 heavy (non-hydrogen) atoms. The first kappa shape index (κ1) is 22.0. The van der Waals surface area contributed by atoms with Gasteiger partial charge in [-0.05, 0) is 17.7 Å². The predicted octanol–water partition coefficient (Wildman–Crippen LogP) is 3.86. The Kier molecular flexibility index (Phi) is 6.66. The number of ether oxygens (including phenoxy) is 1. The Hall–Kier alpha value is -2.81. The van der Waals surface area contributed by atoms with E-state index in [2.05, 4.69) is 39.8 Å². The number of likely N-dealkylation sites (tertiary alicyclic amines) is 1. The number of para-hydroxylation sites is 1. The van der Waals surface area contributed by atoms with Crippen molar-refractivity contribution in [3.05, 3.63) is 77.5 Å². The second-order valence-electron chi connectivity index (χ2n) is 8.49. The third-order valence-electron chi connectivity index (χ3n) is 6.34. The molecule has 3 aromatic rings. The van der Waals surface area contributed by atoms with Crippen LogP contribution in [0.25, 0.3) is 5.69 Å². The molecule has 7 nitrogen and oxygen atoms in total. The summed E-state index contributed by atoms with van der Waals surface area (Å²) >= 11 is 1.83. The minimum atomic E-state index is -0.189. The van der Waals surface area contributed by atoms with E-state index in [1.165, 1.54) is 5.56 Å². The number of urea groups is 1. The largest absolute Gasteiger partial charge is 0.383 e. The highest BCUT2D eigenvalue weighted by molar-refractivity contribution is 7.98. The summed E-state index contributed by atoms with van der Waals surface area (Å²) in [6.45, 7) is 3.22. The summed E-state index contributed by atoms with van der Waals surface area (Å²) in [7, 11) is 1.72. The zero-order valence-corrected chi connectivity index (χ0v) is 19.6. The molecule has 2 aromatic carbocycles. The van der Waals surface area contributed by atoms with Crippen molar-refractivity contribution in [2.45, 2.75) is 23.5 Å². The van der Waals surface area contributed by atoms with Crippen molar-refractivity contribution in [3.8, 4) is 5.69 Å². The van der Waals surface area contributed by atoms with Crippen molar-refractivity contribution < 1.29 is 9.53 Å². The molecule has 2 aliphatic heterocycles. The van der Waals surface area contributed by atoms with Gasteiger partial charge in [0.25, 0.3) is 0 Å². The van der Waals surface area contributed by atoms with Crippen LogP contribution in [0.1, 0.15) is 22.7 Å². The molecule has 8 heteroatoms. The predicted molar refractivity (Wildman–Crippen MR) is 132 cm³/mol. The fraction of sp³-hybridized carbons (Fsp3) is 0.360. The Morgan fingerprint density at radius 2 is 1.85 bits per heavy atom. The van der Waals surface area contributed by atoms with Crippen LogP contribution < -0.4 is 10.6 Å². The summed E-state index contributed by atoms with van der Waals surface area (Å²) in [6.07, 6.45) is 0. The molecule has 2 atom stereocenters. The number of thioether (sulfide) groups is 1. The van der Waals surface area contributed by atoms with E-state index < -0.39 is 0 Å². The summed E-state index contributed by atoms with van der Waals surface area (Å²) in [6, 6.07) is 20.2. The Morgan fingerprint density at radius 1 is 1.09 bits per heavy atom. The van der Waals surface area contributed by atoms with E-state index in [0.717, 1.165) is 53.9 Å². The van der Waals surface area contributed by atoms with Crippen LogP contribution in [0, 0.1) is 0 Å². The number of nitrogens with zero attached hydrogens (tertiary/aromatic N) is 3.